The molecule has 3 aromatic rings. The van der Waals surface area contributed by atoms with Crippen LogP contribution in [0.15, 0.2) is 24.3 Å². The van der Waals surface area contributed by atoms with Gasteiger partial charge < -0.3 is 5.11 Å². The minimum absolute atomic E-state index is 0. The van der Waals surface area contributed by atoms with E-state index in [2.05, 4.69) is 5.10 Å². The number of carbonyl (C=O) groups is 1. The smallest absolute Gasteiger partial charge is 0.226 e. The Bertz CT molecular complexity index is 1140. The topological polar surface area (TPSA) is 78.9 Å². The van der Waals surface area contributed by atoms with Gasteiger partial charge in [0, 0.05) is 25.0 Å². The van der Waals surface area contributed by atoms with Gasteiger partial charge in [0.1, 0.15) is 28.7 Å². The van der Waals surface area contributed by atoms with Crippen molar-refractivity contribution in [2.75, 3.05) is 0 Å². The molecule has 5 nitrogen and oxygen atoms in total. The maximum absolute atomic E-state index is 14.2. The van der Waals surface area contributed by atoms with E-state index < -0.39 is 57.6 Å². The number of carbonyl (C=O) groups excluding carboxylic acids is 1. The Morgan fingerprint density at radius 1 is 1.03 bits per heavy atom. The molecule has 0 saturated heterocycles. The van der Waals surface area contributed by atoms with E-state index in [1.54, 1.807) is 0 Å². The van der Waals surface area contributed by atoms with Crippen LogP contribution in [0.5, 0.6) is 5.88 Å². The quantitative estimate of drug-likeness (QED) is 0.281. The van der Waals surface area contributed by atoms with Gasteiger partial charge >= 0.3 is 0 Å². The van der Waals surface area contributed by atoms with Crippen molar-refractivity contribution in [2.45, 2.75) is 6.92 Å². The van der Waals surface area contributed by atoms with Crippen molar-refractivity contribution in [3.63, 3.8) is 0 Å². The third-order valence-corrected chi connectivity index (χ3v) is 3.93. The second kappa shape index (κ2) is 8.09. The first kappa shape index (κ1) is 22.2. The molecule has 29 heavy (non-hydrogen) atoms. The summed E-state index contributed by atoms with van der Waals surface area (Å²) < 4.78 is 69.3. The van der Waals surface area contributed by atoms with Gasteiger partial charge in [-0.3, -0.25) is 4.79 Å². The maximum Gasteiger partial charge on any atom is 0.226 e. The summed E-state index contributed by atoms with van der Waals surface area (Å²) >= 11 is 0. The predicted molar refractivity (Wildman–Crippen MR) is 84.3 cm³/mol. The van der Waals surface area contributed by atoms with E-state index in [1.807, 2.05) is 0 Å². The number of halogens is 5. The van der Waals surface area contributed by atoms with Crippen molar-refractivity contribution in [3.8, 4) is 17.6 Å². The zero-order chi connectivity index (χ0) is 20.7. The average Bonchev–Trinajstić information content (AvgIpc) is 2.95. The van der Waals surface area contributed by atoms with Crippen molar-refractivity contribution < 1.29 is 51.3 Å². The van der Waals surface area contributed by atoms with Gasteiger partial charge in [-0.25, -0.2) is 22.0 Å². The Morgan fingerprint density at radius 2 is 1.55 bits per heavy atom. The summed E-state index contributed by atoms with van der Waals surface area (Å²) in [4.78, 5) is 12.5. The molecule has 1 N–H and O–H groups in total. The minimum Gasteiger partial charge on any atom is -0.493 e. The van der Waals surface area contributed by atoms with E-state index >= 15 is 0 Å². The third kappa shape index (κ3) is 3.52. The Labute approximate surface area is 172 Å². The molecular weight excluding hydrogens is 451 g/mol. The maximum atomic E-state index is 14.2. The largest absolute Gasteiger partial charge is 0.493 e. The molecule has 0 radical (unpaired) electrons. The molecule has 0 bridgehead atoms. The van der Waals surface area contributed by atoms with Crippen molar-refractivity contribution in [1.82, 2.24) is 9.78 Å². The molecule has 3 rings (SSSR count). The summed E-state index contributed by atoms with van der Waals surface area (Å²) in [5, 5.41) is 22.5. The van der Waals surface area contributed by atoms with Crippen LogP contribution >= 0.6 is 0 Å². The fourth-order valence-corrected chi connectivity index (χ4v) is 2.59. The molecule has 0 saturated carbocycles. The van der Waals surface area contributed by atoms with Crippen LogP contribution in [0.25, 0.3) is 5.69 Å². The van der Waals surface area contributed by atoms with E-state index in [9.17, 15) is 31.9 Å². The van der Waals surface area contributed by atoms with Crippen molar-refractivity contribution >= 4 is 5.78 Å². The van der Waals surface area contributed by atoms with Gasteiger partial charge in [0.2, 0.25) is 5.88 Å². The van der Waals surface area contributed by atoms with Gasteiger partial charge in [0.15, 0.2) is 29.1 Å². The molecule has 0 aliphatic rings. The van der Waals surface area contributed by atoms with Crippen LogP contribution in [-0.2, 0) is 19.5 Å². The first-order valence-corrected chi connectivity index (χ1v) is 7.54. The third-order valence-electron chi connectivity index (χ3n) is 3.93. The summed E-state index contributed by atoms with van der Waals surface area (Å²) in [6, 6.07) is 5.17. The van der Waals surface area contributed by atoms with Crippen LogP contribution in [0.4, 0.5) is 22.0 Å². The molecule has 1 heterocycles. The zero-order valence-electron chi connectivity index (χ0n) is 14.6. The average molecular weight is 459 g/mol. The molecule has 0 spiro atoms. The SMILES string of the molecule is Cc1nn(-c2c(F)c(F)c(C#N)c(F)c2F)c(O)c1C(=O)c1ccc(F)cc1.[Zn]. The Balaban J connectivity index is 0.00000300. The van der Waals surface area contributed by atoms with Crippen molar-refractivity contribution in [1.29, 1.82) is 5.26 Å². The fraction of sp³-hybridized carbons (Fsp3) is 0.0556. The van der Waals surface area contributed by atoms with Gasteiger partial charge in [0.25, 0.3) is 0 Å². The summed E-state index contributed by atoms with van der Waals surface area (Å²) in [5.41, 5.74) is -3.71. The summed E-state index contributed by atoms with van der Waals surface area (Å²) in [5.74, 6) is -10.5. The van der Waals surface area contributed by atoms with Crippen LogP contribution in [0.3, 0.4) is 0 Å². The van der Waals surface area contributed by atoms with E-state index in [0.29, 0.717) is 0 Å². The van der Waals surface area contributed by atoms with Crippen LogP contribution in [-0.4, -0.2) is 20.7 Å². The molecule has 11 heteroatoms. The van der Waals surface area contributed by atoms with E-state index in [0.717, 1.165) is 30.3 Å². The molecule has 0 aliphatic heterocycles. The van der Waals surface area contributed by atoms with Gasteiger partial charge in [0.05, 0.1) is 5.69 Å². The van der Waals surface area contributed by atoms with E-state index in [1.165, 1.54) is 6.92 Å². The Kier molecular flexibility index (Phi) is 6.19. The monoisotopic (exact) mass is 457 g/mol. The number of nitrogens with zero attached hydrogens (tertiary/aromatic N) is 3. The Hall–Kier alpha value is -3.12. The molecule has 0 atom stereocenters. The van der Waals surface area contributed by atoms with Gasteiger partial charge in [-0.2, -0.15) is 15.0 Å². The predicted octanol–water partition coefficient (Wildman–Crippen LogP) is 3.68. The fourth-order valence-electron chi connectivity index (χ4n) is 2.59. The molecule has 0 fully saturated rings. The molecule has 0 unspecified atom stereocenters. The van der Waals surface area contributed by atoms with Gasteiger partial charge in [-0.05, 0) is 31.2 Å². The number of aromatic nitrogens is 2. The van der Waals surface area contributed by atoms with E-state index in [4.69, 9.17) is 5.26 Å². The summed E-state index contributed by atoms with van der Waals surface area (Å²) in [6.07, 6.45) is 0. The van der Waals surface area contributed by atoms with Crippen LogP contribution in [0.2, 0.25) is 0 Å². The van der Waals surface area contributed by atoms with Crippen molar-refractivity contribution in [2.24, 2.45) is 0 Å². The second-order valence-electron chi connectivity index (χ2n) is 5.62. The first-order valence-electron chi connectivity index (χ1n) is 7.54. The van der Waals surface area contributed by atoms with Crippen LogP contribution < -0.4 is 0 Å². The van der Waals surface area contributed by atoms with Crippen LogP contribution in [0.1, 0.15) is 27.2 Å². The summed E-state index contributed by atoms with van der Waals surface area (Å²) in [7, 11) is 0. The minimum atomic E-state index is -1.98. The molecule has 0 amide bonds. The molecular formula is C18H8F5N3O2Zn. The molecule has 144 valence electrons. The molecule has 0 aliphatic carbocycles. The molecule has 1 aromatic heterocycles. The number of hydrogen-bond donors (Lipinski definition) is 1. The van der Waals surface area contributed by atoms with E-state index in [-0.39, 0.29) is 35.4 Å². The molecule has 2 aromatic carbocycles. The van der Waals surface area contributed by atoms with Crippen LogP contribution in [0, 0.1) is 47.3 Å². The van der Waals surface area contributed by atoms with Gasteiger partial charge in [-0.15, -0.1) is 0 Å². The van der Waals surface area contributed by atoms with Gasteiger partial charge in [-0.1, -0.05) is 0 Å². The number of aryl methyl sites for hydroxylation is 1. The number of rotatable bonds is 3. The zero-order valence-corrected chi connectivity index (χ0v) is 17.6. The second-order valence-corrected chi connectivity index (χ2v) is 5.62. The first-order chi connectivity index (χ1) is 13.2. The summed E-state index contributed by atoms with van der Waals surface area (Å²) in [6.45, 7) is 1.21. The number of aromatic hydroxyl groups is 1. The number of nitriles is 1. The number of ketones is 1. The normalized spacial score (nSPS) is 10.4. The Morgan fingerprint density at radius 3 is 2.03 bits per heavy atom. The number of benzene rings is 2. The number of hydrogen-bond acceptors (Lipinski definition) is 4. The van der Waals surface area contributed by atoms with Crippen molar-refractivity contribution in [3.05, 3.63) is 75.7 Å². The standard InChI is InChI=1S/C18H8F5N3O2.Zn/c1-7-11(17(27)8-2-4-9(19)5-3-8)18(28)26(25-7)16-14(22)12(20)10(6-24)13(21)15(16)23;/h2-5,28H,1H3;.